The Morgan fingerprint density at radius 3 is 2.42 bits per heavy atom. The average molecular weight is 276 g/mol. The highest BCUT2D eigenvalue weighted by molar-refractivity contribution is 6.31. The molecule has 0 spiro atoms. The highest BCUT2D eigenvalue weighted by Crippen LogP contribution is 2.19. The molecular formula is C16H18ClNO. The molecule has 2 aromatic rings. The van der Waals surface area contributed by atoms with E-state index in [0.717, 1.165) is 22.8 Å². The highest BCUT2D eigenvalue weighted by atomic mass is 35.5. The van der Waals surface area contributed by atoms with E-state index in [1.807, 2.05) is 55.5 Å². The first-order valence-electron chi connectivity index (χ1n) is 6.36. The van der Waals surface area contributed by atoms with Crippen molar-refractivity contribution >= 4 is 11.6 Å². The predicted molar refractivity (Wildman–Crippen MR) is 79.6 cm³/mol. The summed E-state index contributed by atoms with van der Waals surface area (Å²) in [4.78, 5) is 0. The summed E-state index contributed by atoms with van der Waals surface area (Å²) in [7, 11) is 0. The van der Waals surface area contributed by atoms with Crippen molar-refractivity contribution < 1.29 is 4.74 Å². The molecule has 0 saturated carbocycles. The first-order valence-corrected chi connectivity index (χ1v) is 6.73. The topological polar surface area (TPSA) is 35.2 Å². The van der Waals surface area contributed by atoms with Crippen molar-refractivity contribution in [1.29, 1.82) is 0 Å². The van der Waals surface area contributed by atoms with E-state index >= 15 is 0 Å². The van der Waals surface area contributed by atoms with Crippen LogP contribution in [0.15, 0.2) is 48.5 Å². The second kappa shape index (κ2) is 6.60. The molecule has 0 aromatic heterocycles. The summed E-state index contributed by atoms with van der Waals surface area (Å²) in [6, 6.07) is 15.9. The van der Waals surface area contributed by atoms with Crippen molar-refractivity contribution in [3.05, 3.63) is 64.7 Å². The molecule has 0 aliphatic carbocycles. The average Bonchev–Trinajstić information content (AvgIpc) is 2.39. The summed E-state index contributed by atoms with van der Waals surface area (Å²) in [5, 5.41) is 0.732. The number of rotatable bonds is 5. The molecule has 0 aliphatic heterocycles. The van der Waals surface area contributed by atoms with E-state index in [1.54, 1.807) is 0 Å². The molecule has 0 radical (unpaired) electrons. The fourth-order valence-corrected chi connectivity index (χ4v) is 2.06. The number of nitrogens with two attached hydrogens (primary N) is 1. The molecule has 2 nitrogen and oxygen atoms in total. The van der Waals surface area contributed by atoms with E-state index in [1.165, 1.54) is 5.56 Å². The fourth-order valence-electron chi connectivity index (χ4n) is 1.87. The maximum absolute atomic E-state index is 6.08. The van der Waals surface area contributed by atoms with Gasteiger partial charge in [0.1, 0.15) is 12.4 Å². The van der Waals surface area contributed by atoms with Crippen LogP contribution in [-0.2, 0) is 13.0 Å². The zero-order chi connectivity index (χ0) is 13.7. The Morgan fingerprint density at radius 2 is 1.79 bits per heavy atom. The summed E-state index contributed by atoms with van der Waals surface area (Å²) < 4.78 is 5.72. The molecule has 2 N–H and O–H groups in total. The minimum atomic E-state index is 0.176. The Hall–Kier alpha value is -1.51. The molecule has 0 heterocycles. The lowest BCUT2D eigenvalue weighted by Crippen LogP contribution is -2.17. The van der Waals surface area contributed by atoms with Gasteiger partial charge in [-0.25, -0.2) is 0 Å². The van der Waals surface area contributed by atoms with Crippen LogP contribution >= 0.6 is 11.6 Å². The van der Waals surface area contributed by atoms with Crippen LogP contribution < -0.4 is 10.5 Å². The van der Waals surface area contributed by atoms with Crippen LogP contribution in [0, 0.1) is 0 Å². The largest absolute Gasteiger partial charge is 0.489 e. The molecule has 0 bridgehead atoms. The summed E-state index contributed by atoms with van der Waals surface area (Å²) in [6.45, 7) is 2.48. The third-order valence-corrected chi connectivity index (χ3v) is 3.20. The van der Waals surface area contributed by atoms with Crippen molar-refractivity contribution in [2.24, 2.45) is 5.73 Å². The maximum atomic E-state index is 6.08. The number of ether oxygens (including phenoxy) is 1. The van der Waals surface area contributed by atoms with E-state index < -0.39 is 0 Å². The minimum Gasteiger partial charge on any atom is -0.489 e. The monoisotopic (exact) mass is 275 g/mol. The molecule has 0 aliphatic rings. The van der Waals surface area contributed by atoms with Crippen LogP contribution in [0.2, 0.25) is 5.02 Å². The number of halogens is 1. The predicted octanol–water partition coefficient (Wildman–Crippen LogP) is 3.81. The molecule has 100 valence electrons. The van der Waals surface area contributed by atoms with Crippen LogP contribution in [0.3, 0.4) is 0 Å². The van der Waals surface area contributed by atoms with Crippen molar-refractivity contribution in [2.45, 2.75) is 26.0 Å². The zero-order valence-electron chi connectivity index (χ0n) is 11.0. The Morgan fingerprint density at radius 1 is 1.11 bits per heavy atom. The minimum absolute atomic E-state index is 0.176. The summed E-state index contributed by atoms with van der Waals surface area (Å²) >= 11 is 6.08. The van der Waals surface area contributed by atoms with E-state index in [2.05, 4.69) is 0 Å². The van der Waals surface area contributed by atoms with Crippen molar-refractivity contribution in [3.8, 4) is 5.75 Å². The van der Waals surface area contributed by atoms with Gasteiger partial charge in [0.25, 0.3) is 0 Å². The van der Waals surface area contributed by atoms with Crippen LogP contribution in [-0.4, -0.2) is 6.04 Å². The van der Waals surface area contributed by atoms with E-state index in [9.17, 15) is 0 Å². The third kappa shape index (κ3) is 4.27. The van der Waals surface area contributed by atoms with Gasteiger partial charge in [0.15, 0.2) is 0 Å². The van der Waals surface area contributed by atoms with Gasteiger partial charge in [-0.05, 0) is 37.1 Å². The Kier molecular flexibility index (Phi) is 4.83. The lowest BCUT2D eigenvalue weighted by molar-refractivity contribution is 0.306. The first kappa shape index (κ1) is 13.9. The SMILES string of the molecule is CC(N)Cc1ccc(OCc2ccccc2Cl)cc1. The van der Waals surface area contributed by atoms with Crippen LogP contribution in [0.5, 0.6) is 5.75 Å². The van der Waals surface area contributed by atoms with Gasteiger partial charge in [0.05, 0.1) is 0 Å². The molecule has 0 saturated heterocycles. The van der Waals surface area contributed by atoms with Gasteiger partial charge >= 0.3 is 0 Å². The molecule has 2 rings (SSSR count). The first-order chi connectivity index (χ1) is 9.15. The van der Waals surface area contributed by atoms with Crippen LogP contribution in [0.25, 0.3) is 0 Å². The molecule has 3 heteroatoms. The van der Waals surface area contributed by atoms with Gasteiger partial charge in [-0.2, -0.15) is 0 Å². The smallest absolute Gasteiger partial charge is 0.119 e. The Bertz CT molecular complexity index is 523. The lowest BCUT2D eigenvalue weighted by Gasteiger charge is -2.09. The molecule has 19 heavy (non-hydrogen) atoms. The van der Waals surface area contributed by atoms with Gasteiger partial charge in [0, 0.05) is 16.6 Å². The second-order valence-electron chi connectivity index (χ2n) is 4.71. The maximum Gasteiger partial charge on any atom is 0.119 e. The summed E-state index contributed by atoms with van der Waals surface area (Å²) in [5.41, 5.74) is 7.98. The zero-order valence-corrected chi connectivity index (χ0v) is 11.7. The second-order valence-corrected chi connectivity index (χ2v) is 5.11. The van der Waals surface area contributed by atoms with Gasteiger partial charge in [-0.15, -0.1) is 0 Å². The number of benzene rings is 2. The molecule has 0 fully saturated rings. The van der Waals surface area contributed by atoms with Crippen LogP contribution in [0.1, 0.15) is 18.1 Å². The standard InChI is InChI=1S/C16H18ClNO/c1-12(18)10-13-6-8-15(9-7-13)19-11-14-4-2-3-5-16(14)17/h2-9,12H,10-11,18H2,1H3. The van der Waals surface area contributed by atoms with Gasteiger partial charge in [-0.1, -0.05) is 41.9 Å². The van der Waals surface area contributed by atoms with E-state index in [0.29, 0.717) is 6.61 Å². The third-order valence-electron chi connectivity index (χ3n) is 2.83. The molecular weight excluding hydrogens is 258 g/mol. The quantitative estimate of drug-likeness (QED) is 0.901. The summed E-state index contributed by atoms with van der Waals surface area (Å²) in [6.07, 6.45) is 0.880. The normalized spacial score (nSPS) is 12.2. The van der Waals surface area contributed by atoms with Gasteiger partial charge in [0.2, 0.25) is 0 Å². The van der Waals surface area contributed by atoms with E-state index in [-0.39, 0.29) is 6.04 Å². The molecule has 1 unspecified atom stereocenters. The molecule has 0 amide bonds. The van der Waals surface area contributed by atoms with Gasteiger partial charge in [-0.3, -0.25) is 0 Å². The molecule has 1 atom stereocenters. The van der Waals surface area contributed by atoms with E-state index in [4.69, 9.17) is 22.1 Å². The van der Waals surface area contributed by atoms with Crippen LogP contribution in [0.4, 0.5) is 0 Å². The number of hydrogen-bond acceptors (Lipinski definition) is 2. The Labute approximate surface area is 119 Å². The van der Waals surface area contributed by atoms with Crippen molar-refractivity contribution in [2.75, 3.05) is 0 Å². The Balaban J connectivity index is 1.95. The molecule has 2 aromatic carbocycles. The van der Waals surface area contributed by atoms with Crippen molar-refractivity contribution in [1.82, 2.24) is 0 Å². The lowest BCUT2D eigenvalue weighted by atomic mass is 10.1. The van der Waals surface area contributed by atoms with Gasteiger partial charge < -0.3 is 10.5 Å². The fraction of sp³-hybridized carbons (Fsp3) is 0.250. The summed E-state index contributed by atoms with van der Waals surface area (Å²) in [5.74, 6) is 0.841. The number of hydrogen-bond donors (Lipinski definition) is 1. The van der Waals surface area contributed by atoms with Crippen molar-refractivity contribution in [3.63, 3.8) is 0 Å². The highest BCUT2D eigenvalue weighted by Gasteiger charge is 2.01.